The Labute approximate surface area is 291 Å². The molecule has 0 atom stereocenters. The predicted molar refractivity (Wildman–Crippen MR) is 207 cm³/mol. The zero-order valence-corrected chi connectivity index (χ0v) is 27.2. The van der Waals surface area contributed by atoms with Gasteiger partial charge in [0.1, 0.15) is 0 Å². The molecule has 1 aromatic heterocycles. The maximum atomic E-state index is 4.95. The highest BCUT2D eigenvalue weighted by Crippen LogP contribution is 2.38. The summed E-state index contributed by atoms with van der Waals surface area (Å²) in [5.74, 6) is 1.96. The van der Waals surface area contributed by atoms with Crippen LogP contribution >= 0.6 is 0 Å². The molecule has 1 heterocycles. The van der Waals surface area contributed by atoms with E-state index in [0.29, 0.717) is 17.5 Å². The summed E-state index contributed by atoms with van der Waals surface area (Å²) in [6.07, 6.45) is 0. The second kappa shape index (κ2) is 12.7. The first kappa shape index (κ1) is 29.4. The van der Waals surface area contributed by atoms with Gasteiger partial charge in [-0.05, 0) is 73.1 Å². The summed E-state index contributed by atoms with van der Waals surface area (Å²) in [6.45, 7) is 0. The van der Waals surface area contributed by atoms with E-state index in [2.05, 4.69) is 127 Å². The van der Waals surface area contributed by atoms with E-state index in [1.54, 1.807) is 0 Å². The summed E-state index contributed by atoms with van der Waals surface area (Å²) in [7, 11) is 0. The van der Waals surface area contributed by atoms with Crippen molar-refractivity contribution in [3.63, 3.8) is 0 Å². The molecule has 0 saturated carbocycles. The third-order valence-electron chi connectivity index (χ3n) is 9.31. The molecular formula is C47H31N3. The molecule has 0 fully saturated rings. The van der Waals surface area contributed by atoms with Gasteiger partial charge >= 0.3 is 0 Å². The van der Waals surface area contributed by atoms with E-state index in [1.807, 2.05) is 60.7 Å². The van der Waals surface area contributed by atoms with Gasteiger partial charge in [0.2, 0.25) is 0 Å². The molecule has 0 aliphatic rings. The molecule has 0 bridgehead atoms. The number of hydrogen-bond acceptors (Lipinski definition) is 3. The Balaban J connectivity index is 1.08. The largest absolute Gasteiger partial charge is 0.208 e. The van der Waals surface area contributed by atoms with E-state index in [-0.39, 0.29) is 0 Å². The lowest BCUT2D eigenvalue weighted by atomic mass is 9.90. The van der Waals surface area contributed by atoms with Crippen molar-refractivity contribution in [2.75, 3.05) is 0 Å². The molecule has 0 saturated heterocycles. The third kappa shape index (κ3) is 5.61. The van der Waals surface area contributed by atoms with E-state index in [9.17, 15) is 0 Å². The van der Waals surface area contributed by atoms with Crippen LogP contribution in [0.3, 0.4) is 0 Å². The van der Waals surface area contributed by atoms with Crippen molar-refractivity contribution in [1.29, 1.82) is 0 Å². The summed E-state index contributed by atoms with van der Waals surface area (Å²) < 4.78 is 0. The third-order valence-corrected chi connectivity index (χ3v) is 9.31. The molecular weight excluding hydrogens is 607 g/mol. The SMILES string of the molecule is c1ccc(-c2nc(-c3ccccc3)nc(-c3cccc(-c4ccc5cc(-c6ccccc6-c6cccc7ccccc67)ccc5c4)c3)n2)cc1. The number of benzene rings is 8. The summed E-state index contributed by atoms with van der Waals surface area (Å²) >= 11 is 0. The monoisotopic (exact) mass is 637 g/mol. The van der Waals surface area contributed by atoms with Crippen LogP contribution in [0.15, 0.2) is 188 Å². The van der Waals surface area contributed by atoms with Gasteiger partial charge in [0.05, 0.1) is 0 Å². The molecule has 0 unspecified atom stereocenters. The highest BCUT2D eigenvalue weighted by atomic mass is 15.0. The lowest BCUT2D eigenvalue weighted by Gasteiger charge is -2.14. The minimum absolute atomic E-state index is 0.648. The van der Waals surface area contributed by atoms with Gasteiger partial charge in [0.25, 0.3) is 0 Å². The summed E-state index contributed by atoms with van der Waals surface area (Å²) in [4.78, 5) is 14.7. The molecule has 234 valence electrons. The van der Waals surface area contributed by atoms with Crippen LogP contribution in [0.2, 0.25) is 0 Å². The van der Waals surface area contributed by atoms with Gasteiger partial charge in [0, 0.05) is 16.7 Å². The summed E-state index contributed by atoms with van der Waals surface area (Å²) in [5.41, 5.74) is 10.0. The first-order valence-electron chi connectivity index (χ1n) is 16.9. The topological polar surface area (TPSA) is 38.7 Å². The Kier molecular flexibility index (Phi) is 7.49. The van der Waals surface area contributed by atoms with E-state index in [0.717, 1.165) is 27.8 Å². The van der Waals surface area contributed by atoms with Gasteiger partial charge in [0.15, 0.2) is 17.5 Å². The van der Waals surface area contributed by atoms with Crippen molar-refractivity contribution < 1.29 is 0 Å². The molecule has 0 radical (unpaired) electrons. The van der Waals surface area contributed by atoms with Crippen molar-refractivity contribution in [2.24, 2.45) is 0 Å². The fraction of sp³-hybridized carbons (Fsp3) is 0. The molecule has 50 heavy (non-hydrogen) atoms. The molecule has 0 aliphatic heterocycles. The zero-order chi connectivity index (χ0) is 33.3. The number of nitrogens with zero attached hydrogens (tertiary/aromatic N) is 3. The van der Waals surface area contributed by atoms with Crippen LogP contribution in [0.5, 0.6) is 0 Å². The molecule has 9 aromatic rings. The quantitative estimate of drug-likeness (QED) is 0.182. The maximum Gasteiger partial charge on any atom is 0.164 e. The molecule has 9 rings (SSSR count). The van der Waals surface area contributed by atoms with Gasteiger partial charge in [-0.25, -0.2) is 15.0 Å². The van der Waals surface area contributed by atoms with E-state index in [4.69, 9.17) is 15.0 Å². The predicted octanol–water partition coefficient (Wildman–Crippen LogP) is 12.2. The van der Waals surface area contributed by atoms with Crippen LogP contribution in [-0.4, -0.2) is 15.0 Å². The van der Waals surface area contributed by atoms with Gasteiger partial charge in [-0.1, -0.05) is 170 Å². The van der Waals surface area contributed by atoms with Crippen LogP contribution in [0.25, 0.3) is 89.1 Å². The Bertz CT molecular complexity index is 2580. The van der Waals surface area contributed by atoms with Gasteiger partial charge in [-0.15, -0.1) is 0 Å². The Morgan fingerprint density at radius 3 is 1.42 bits per heavy atom. The molecule has 8 aromatic carbocycles. The Morgan fingerprint density at radius 1 is 0.240 bits per heavy atom. The second-order valence-corrected chi connectivity index (χ2v) is 12.5. The standard InChI is InChI=1S/C47H31N3/c1-3-14-33(15-4-1)45-48-46(34-16-5-2-6-17-34)50-47(49-45)40-20-11-19-35(31-40)36-25-26-38-30-39(28-27-37(38)29-36)42-22-9-10-23-43(42)44-24-12-18-32-13-7-8-21-41(32)44/h1-31H. The maximum absolute atomic E-state index is 4.95. The van der Waals surface area contributed by atoms with Crippen molar-refractivity contribution in [3.8, 4) is 67.5 Å². The number of fused-ring (bicyclic) bond motifs is 2. The van der Waals surface area contributed by atoms with E-state index < -0.39 is 0 Å². The fourth-order valence-electron chi connectivity index (χ4n) is 6.80. The second-order valence-electron chi connectivity index (χ2n) is 12.5. The minimum atomic E-state index is 0.648. The number of rotatable bonds is 6. The van der Waals surface area contributed by atoms with Crippen molar-refractivity contribution >= 4 is 21.5 Å². The molecule has 0 aliphatic carbocycles. The van der Waals surface area contributed by atoms with E-state index >= 15 is 0 Å². The zero-order valence-electron chi connectivity index (χ0n) is 27.2. The molecule has 3 nitrogen and oxygen atoms in total. The Hall–Kier alpha value is -6.71. The van der Waals surface area contributed by atoms with E-state index in [1.165, 1.54) is 43.8 Å². The molecule has 0 amide bonds. The molecule has 0 N–H and O–H groups in total. The number of aromatic nitrogens is 3. The van der Waals surface area contributed by atoms with Crippen LogP contribution in [-0.2, 0) is 0 Å². The smallest absolute Gasteiger partial charge is 0.164 e. The Morgan fingerprint density at radius 2 is 0.700 bits per heavy atom. The fourth-order valence-corrected chi connectivity index (χ4v) is 6.80. The molecule has 3 heteroatoms. The van der Waals surface area contributed by atoms with Crippen LogP contribution in [0, 0.1) is 0 Å². The van der Waals surface area contributed by atoms with Crippen LogP contribution in [0.1, 0.15) is 0 Å². The number of hydrogen-bond donors (Lipinski definition) is 0. The highest BCUT2D eigenvalue weighted by Gasteiger charge is 2.14. The van der Waals surface area contributed by atoms with Gasteiger partial charge in [-0.3, -0.25) is 0 Å². The lowest BCUT2D eigenvalue weighted by molar-refractivity contribution is 1.07. The van der Waals surface area contributed by atoms with Crippen molar-refractivity contribution in [3.05, 3.63) is 188 Å². The minimum Gasteiger partial charge on any atom is -0.208 e. The first-order chi connectivity index (χ1) is 24.8. The summed E-state index contributed by atoms with van der Waals surface area (Å²) in [5, 5.41) is 4.91. The van der Waals surface area contributed by atoms with Crippen molar-refractivity contribution in [1.82, 2.24) is 15.0 Å². The highest BCUT2D eigenvalue weighted by molar-refractivity contribution is 6.01. The lowest BCUT2D eigenvalue weighted by Crippen LogP contribution is -2.00. The average molecular weight is 638 g/mol. The first-order valence-corrected chi connectivity index (χ1v) is 16.9. The molecule has 0 spiro atoms. The van der Waals surface area contributed by atoms with Crippen LogP contribution in [0.4, 0.5) is 0 Å². The van der Waals surface area contributed by atoms with Crippen LogP contribution < -0.4 is 0 Å². The average Bonchev–Trinajstić information content (AvgIpc) is 3.21. The van der Waals surface area contributed by atoms with Crippen molar-refractivity contribution in [2.45, 2.75) is 0 Å². The summed E-state index contributed by atoms with van der Waals surface area (Å²) in [6, 6.07) is 66.0. The normalized spacial score (nSPS) is 11.2. The van der Waals surface area contributed by atoms with Gasteiger partial charge in [-0.2, -0.15) is 0 Å². The van der Waals surface area contributed by atoms with Gasteiger partial charge < -0.3 is 0 Å².